The summed E-state index contributed by atoms with van der Waals surface area (Å²) in [6.07, 6.45) is 0. The lowest BCUT2D eigenvalue weighted by Gasteiger charge is -2.16. The molecule has 2 heterocycles. The monoisotopic (exact) mass is 322 g/mol. The zero-order chi connectivity index (χ0) is 15.6. The van der Waals surface area contributed by atoms with E-state index >= 15 is 0 Å². The third-order valence-electron chi connectivity index (χ3n) is 4.02. The minimum atomic E-state index is -0.240. The van der Waals surface area contributed by atoms with Gasteiger partial charge >= 0.3 is 0 Å². The maximum atomic E-state index is 14.1. The van der Waals surface area contributed by atoms with Gasteiger partial charge < -0.3 is 0 Å². The molecule has 0 bridgehead atoms. The largest absolute Gasteiger partial charge is 0.261 e. The highest BCUT2D eigenvalue weighted by Crippen LogP contribution is 2.33. The molecule has 0 radical (unpaired) electrons. The number of nitrogens with zero attached hydrogens (tertiary/aromatic N) is 2. The highest BCUT2D eigenvalue weighted by atomic mass is 32.1. The summed E-state index contributed by atoms with van der Waals surface area (Å²) in [4.78, 5) is 1.14. The average molecular weight is 322 g/mol. The highest BCUT2D eigenvalue weighted by molar-refractivity contribution is 7.12. The van der Waals surface area contributed by atoms with E-state index in [1.54, 1.807) is 28.5 Å². The Hall–Kier alpha value is -2.46. The van der Waals surface area contributed by atoms with E-state index in [1.807, 2.05) is 35.7 Å². The molecule has 0 spiro atoms. The second kappa shape index (κ2) is 5.97. The SMILES string of the molecule is Fc1ccccc1N1C[C@@H](c2ccccc2)C(c2cccs2)=N1. The number of para-hydroxylation sites is 1. The van der Waals surface area contributed by atoms with Crippen molar-refractivity contribution < 1.29 is 4.39 Å². The maximum Gasteiger partial charge on any atom is 0.148 e. The lowest BCUT2D eigenvalue weighted by atomic mass is 9.94. The summed E-state index contributed by atoms with van der Waals surface area (Å²) in [6, 6.07) is 21.2. The number of hydrogen-bond donors (Lipinski definition) is 0. The van der Waals surface area contributed by atoms with Gasteiger partial charge in [0.1, 0.15) is 5.82 Å². The standard InChI is InChI=1S/C19H15FN2S/c20-16-9-4-5-10-17(16)22-13-15(14-7-2-1-3-8-14)19(21-22)18-11-6-12-23-18/h1-12,15H,13H2/t15-/m0/s1. The summed E-state index contributed by atoms with van der Waals surface area (Å²) in [6.45, 7) is 0.651. The first kappa shape index (κ1) is 14.2. The number of anilines is 1. The third kappa shape index (κ3) is 2.66. The van der Waals surface area contributed by atoms with Crippen LogP contribution in [-0.4, -0.2) is 12.3 Å². The Morgan fingerprint density at radius 1 is 0.957 bits per heavy atom. The van der Waals surface area contributed by atoms with Crippen molar-refractivity contribution >= 4 is 22.7 Å². The van der Waals surface area contributed by atoms with Gasteiger partial charge in [0.25, 0.3) is 0 Å². The second-order valence-corrected chi connectivity index (χ2v) is 6.41. The van der Waals surface area contributed by atoms with Gasteiger partial charge in [-0.3, -0.25) is 5.01 Å². The van der Waals surface area contributed by atoms with Gasteiger partial charge in [0, 0.05) is 5.92 Å². The van der Waals surface area contributed by atoms with Crippen molar-refractivity contribution in [2.24, 2.45) is 5.10 Å². The first-order valence-corrected chi connectivity index (χ1v) is 8.40. The molecule has 0 aliphatic carbocycles. The predicted octanol–water partition coefficient (Wildman–Crippen LogP) is 4.90. The number of rotatable bonds is 3. The molecular weight excluding hydrogens is 307 g/mol. The number of hydrazone groups is 1. The predicted molar refractivity (Wildman–Crippen MR) is 93.8 cm³/mol. The van der Waals surface area contributed by atoms with Gasteiger partial charge in [-0.25, -0.2) is 4.39 Å². The van der Waals surface area contributed by atoms with Gasteiger partial charge in [0.05, 0.1) is 22.8 Å². The Morgan fingerprint density at radius 3 is 2.48 bits per heavy atom. The average Bonchev–Trinajstić information content (AvgIpc) is 3.25. The molecule has 0 unspecified atom stereocenters. The van der Waals surface area contributed by atoms with Crippen LogP contribution in [0, 0.1) is 5.82 Å². The van der Waals surface area contributed by atoms with Crippen LogP contribution in [0.15, 0.2) is 77.2 Å². The van der Waals surface area contributed by atoms with Crippen LogP contribution in [0.5, 0.6) is 0 Å². The molecule has 1 atom stereocenters. The van der Waals surface area contributed by atoms with Crippen molar-refractivity contribution in [3.8, 4) is 0 Å². The van der Waals surface area contributed by atoms with Crippen LogP contribution in [0.2, 0.25) is 0 Å². The summed E-state index contributed by atoms with van der Waals surface area (Å²) >= 11 is 1.67. The smallest absolute Gasteiger partial charge is 0.148 e. The van der Waals surface area contributed by atoms with Crippen LogP contribution < -0.4 is 5.01 Å². The molecule has 4 heteroatoms. The van der Waals surface area contributed by atoms with E-state index in [0.717, 1.165) is 10.6 Å². The maximum absolute atomic E-state index is 14.1. The van der Waals surface area contributed by atoms with Crippen LogP contribution in [0.25, 0.3) is 0 Å². The number of halogens is 1. The van der Waals surface area contributed by atoms with Crippen molar-refractivity contribution in [3.05, 3.63) is 88.4 Å². The number of hydrogen-bond acceptors (Lipinski definition) is 3. The molecule has 0 fully saturated rings. The Kier molecular flexibility index (Phi) is 3.67. The van der Waals surface area contributed by atoms with Crippen LogP contribution in [0.4, 0.5) is 10.1 Å². The van der Waals surface area contributed by atoms with Crippen molar-refractivity contribution in [1.82, 2.24) is 0 Å². The van der Waals surface area contributed by atoms with Crippen molar-refractivity contribution in [2.75, 3.05) is 11.6 Å². The lowest BCUT2D eigenvalue weighted by Crippen LogP contribution is -2.18. The first-order chi connectivity index (χ1) is 11.3. The van der Waals surface area contributed by atoms with Gasteiger partial charge in [0.2, 0.25) is 0 Å². The second-order valence-electron chi connectivity index (χ2n) is 5.46. The molecule has 1 aliphatic rings. The quantitative estimate of drug-likeness (QED) is 0.670. The minimum Gasteiger partial charge on any atom is -0.261 e. The topological polar surface area (TPSA) is 15.6 Å². The molecule has 0 saturated heterocycles. The van der Waals surface area contributed by atoms with Crippen molar-refractivity contribution in [2.45, 2.75) is 5.92 Å². The van der Waals surface area contributed by atoms with Gasteiger partial charge in [-0.15, -0.1) is 11.3 Å². The molecule has 2 nitrogen and oxygen atoms in total. The van der Waals surface area contributed by atoms with E-state index < -0.39 is 0 Å². The van der Waals surface area contributed by atoms with E-state index in [0.29, 0.717) is 12.2 Å². The normalized spacial score (nSPS) is 17.3. The fourth-order valence-electron chi connectivity index (χ4n) is 2.91. The Labute approximate surface area is 138 Å². The molecule has 1 aromatic heterocycles. The summed E-state index contributed by atoms with van der Waals surface area (Å²) < 4.78 is 14.1. The van der Waals surface area contributed by atoms with Crippen LogP contribution in [0.3, 0.4) is 0 Å². The molecule has 3 aromatic rings. The van der Waals surface area contributed by atoms with Crippen molar-refractivity contribution in [3.63, 3.8) is 0 Å². The third-order valence-corrected chi connectivity index (χ3v) is 4.91. The summed E-state index contributed by atoms with van der Waals surface area (Å²) in [7, 11) is 0. The molecule has 2 aromatic carbocycles. The van der Waals surface area contributed by atoms with Gasteiger partial charge in [0.15, 0.2) is 0 Å². The van der Waals surface area contributed by atoms with Crippen molar-refractivity contribution in [1.29, 1.82) is 0 Å². The molecule has 23 heavy (non-hydrogen) atoms. The van der Waals surface area contributed by atoms with E-state index in [2.05, 4.69) is 18.2 Å². The summed E-state index contributed by atoms with van der Waals surface area (Å²) in [5.74, 6) is -0.0926. The van der Waals surface area contributed by atoms with Gasteiger partial charge in [-0.05, 0) is 29.1 Å². The molecule has 1 aliphatic heterocycles. The van der Waals surface area contributed by atoms with E-state index in [4.69, 9.17) is 5.10 Å². The number of benzene rings is 2. The van der Waals surface area contributed by atoms with Gasteiger partial charge in [-0.1, -0.05) is 48.5 Å². The molecule has 0 amide bonds. The van der Waals surface area contributed by atoms with E-state index in [1.165, 1.54) is 11.6 Å². The molecule has 114 valence electrons. The minimum absolute atomic E-state index is 0.148. The van der Waals surface area contributed by atoms with Crippen LogP contribution in [-0.2, 0) is 0 Å². The fraction of sp³-hybridized carbons (Fsp3) is 0.105. The highest BCUT2D eigenvalue weighted by Gasteiger charge is 2.31. The molecule has 4 rings (SSSR count). The lowest BCUT2D eigenvalue weighted by molar-refractivity contribution is 0.620. The molecular formula is C19H15FN2S. The van der Waals surface area contributed by atoms with Crippen LogP contribution in [0.1, 0.15) is 16.4 Å². The first-order valence-electron chi connectivity index (χ1n) is 7.52. The van der Waals surface area contributed by atoms with E-state index in [-0.39, 0.29) is 11.7 Å². The van der Waals surface area contributed by atoms with Crippen LogP contribution >= 0.6 is 11.3 Å². The zero-order valence-corrected chi connectivity index (χ0v) is 13.2. The van der Waals surface area contributed by atoms with Gasteiger partial charge in [-0.2, -0.15) is 5.10 Å². The number of thiophene rings is 1. The molecule has 0 N–H and O–H groups in total. The molecule has 0 saturated carbocycles. The zero-order valence-electron chi connectivity index (χ0n) is 12.4. The Balaban J connectivity index is 1.77. The Bertz CT molecular complexity index is 828. The Morgan fingerprint density at radius 2 is 1.74 bits per heavy atom. The fourth-order valence-corrected chi connectivity index (χ4v) is 3.67. The summed E-state index contributed by atoms with van der Waals surface area (Å²) in [5, 5.41) is 8.57. The van der Waals surface area contributed by atoms with E-state index in [9.17, 15) is 4.39 Å². The summed E-state index contributed by atoms with van der Waals surface area (Å²) in [5.41, 5.74) is 2.74.